The molecule has 0 aliphatic rings. The number of imidazole rings is 1. The first kappa shape index (κ1) is 16.1. The van der Waals surface area contributed by atoms with E-state index in [1.807, 2.05) is 0 Å². The van der Waals surface area contributed by atoms with Gasteiger partial charge >= 0.3 is 0 Å². The van der Waals surface area contributed by atoms with Crippen molar-refractivity contribution in [3.05, 3.63) is 40.4 Å². The van der Waals surface area contributed by atoms with Gasteiger partial charge in [0.05, 0.1) is 33.2 Å². The summed E-state index contributed by atoms with van der Waals surface area (Å²) in [5.41, 5.74) is 0.379. The van der Waals surface area contributed by atoms with Gasteiger partial charge in [0.1, 0.15) is 5.69 Å². The lowest BCUT2D eigenvalue weighted by atomic mass is 10.3. The lowest BCUT2D eigenvalue weighted by molar-refractivity contribution is 0.101. The Kier molecular flexibility index (Phi) is 4.48. The fraction of sp³-hybridized carbons (Fsp3) is 0.0909. The number of anilines is 1. The van der Waals surface area contributed by atoms with Crippen LogP contribution in [0.2, 0.25) is 10.0 Å². The first-order valence-electron chi connectivity index (χ1n) is 5.41. The molecule has 2 rings (SSSR count). The lowest BCUT2D eigenvalue weighted by Crippen LogP contribution is -2.16. The molecule has 0 saturated heterocycles. The van der Waals surface area contributed by atoms with Crippen molar-refractivity contribution in [2.24, 2.45) is 7.05 Å². The molecular formula is C11H8Cl3N3O3S. The number of hydrogen-bond donors (Lipinski definition) is 1. The molecule has 0 radical (unpaired) electrons. The second-order valence-electron chi connectivity index (χ2n) is 4.04. The minimum atomic E-state index is -3.97. The Morgan fingerprint density at radius 2 is 1.86 bits per heavy atom. The van der Waals surface area contributed by atoms with Crippen LogP contribution < -0.4 is 5.32 Å². The molecule has 21 heavy (non-hydrogen) atoms. The number of carbonyl (C=O) groups is 1. The molecule has 1 N–H and O–H groups in total. The van der Waals surface area contributed by atoms with E-state index in [-0.39, 0.29) is 26.3 Å². The van der Waals surface area contributed by atoms with Crippen LogP contribution in [-0.2, 0) is 16.1 Å². The molecule has 1 aromatic heterocycles. The molecule has 10 heteroatoms. The van der Waals surface area contributed by atoms with Crippen LogP contribution in [0.25, 0.3) is 0 Å². The molecule has 0 saturated carbocycles. The highest BCUT2D eigenvalue weighted by Crippen LogP contribution is 2.34. The van der Waals surface area contributed by atoms with Gasteiger partial charge in [-0.3, -0.25) is 4.79 Å². The van der Waals surface area contributed by atoms with Crippen molar-refractivity contribution >= 4 is 54.5 Å². The number of aromatic nitrogens is 2. The van der Waals surface area contributed by atoms with Crippen LogP contribution in [0.3, 0.4) is 0 Å². The molecular weight excluding hydrogens is 361 g/mol. The zero-order chi connectivity index (χ0) is 15.8. The number of hydrogen-bond acceptors (Lipinski definition) is 4. The van der Waals surface area contributed by atoms with Crippen LogP contribution in [0.4, 0.5) is 5.69 Å². The molecule has 1 heterocycles. The fourth-order valence-corrected chi connectivity index (χ4v) is 3.06. The summed E-state index contributed by atoms with van der Waals surface area (Å²) in [6.45, 7) is 0. The summed E-state index contributed by atoms with van der Waals surface area (Å²) in [5, 5.41) is 2.41. The third-order valence-corrected chi connectivity index (χ3v) is 4.51. The van der Waals surface area contributed by atoms with Crippen LogP contribution in [0.5, 0.6) is 0 Å². The molecule has 1 aromatic carbocycles. The Balaban J connectivity index is 2.38. The first-order valence-corrected chi connectivity index (χ1v) is 8.48. The predicted octanol–water partition coefficient (Wildman–Crippen LogP) is 2.91. The number of nitrogens with zero attached hydrogens (tertiary/aromatic N) is 2. The average Bonchev–Trinajstić information content (AvgIpc) is 2.78. The van der Waals surface area contributed by atoms with Gasteiger partial charge in [-0.25, -0.2) is 13.4 Å². The average molecular weight is 369 g/mol. The number of benzene rings is 1. The van der Waals surface area contributed by atoms with Gasteiger partial charge in [-0.05, 0) is 12.1 Å². The normalized spacial score (nSPS) is 11.4. The topological polar surface area (TPSA) is 81.1 Å². The van der Waals surface area contributed by atoms with Gasteiger partial charge in [0.2, 0.25) is 0 Å². The third-order valence-electron chi connectivity index (χ3n) is 2.59. The van der Waals surface area contributed by atoms with E-state index in [4.69, 9.17) is 33.9 Å². The summed E-state index contributed by atoms with van der Waals surface area (Å²) >= 11 is 11.9. The van der Waals surface area contributed by atoms with E-state index in [1.54, 1.807) is 7.05 Å². The molecule has 0 atom stereocenters. The van der Waals surface area contributed by atoms with Gasteiger partial charge < -0.3 is 9.88 Å². The summed E-state index contributed by atoms with van der Waals surface area (Å²) in [6.07, 6.45) is 2.83. The Morgan fingerprint density at radius 3 is 2.29 bits per heavy atom. The van der Waals surface area contributed by atoms with E-state index in [0.29, 0.717) is 0 Å². The number of carbonyl (C=O) groups excluding carboxylic acids is 1. The monoisotopic (exact) mass is 367 g/mol. The Bertz CT molecular complexity index is 794. The highest BCUT2D eigenvalue weighted by atomic mass is 35.7. The van der Waals surface area contributed by atoms with Gasteiger partial charge in [-0.2, -0.15) is 0 Å². The number of rotatable bonds is 3. The number of nitrogens with one attached hydrogen (secondary N) is 1. The summed E-state index contributed by atoms with van der Waals surface area (Å²) in [4.78, 5) is 15.6. The maximum absolute atomic E-state index is 12.0. The van der Waals surface area contributed by atoms with E-state index in [9.17, 15) is 13.2 Å². The minimum absolute atomic E-state index is 0.0442. The highest BCUT2D eigenvalue weighted by Gasteiger charge is 2.19. The van der Waals surface area contributed by atoms with Crippen LogP contribution in [0, 0.1) is 0 Å². The fourth-order valence-electron chi connectivity index (χ4n) is 1.56. The van der Waals surface area contributed by atoms with Crippen LogP contribution >= 0.6 is 33.9 Å². The van der Waals surface area contributed by atoms with E-state index in [1.165, 1.54) is 17.1 Å². The minimum Gasteiger partial charge on any atom is -0.330 e. The van der Waals surface area contributed by atoms with Gasteiger partial charge in [0.15, 0.2) is 0 Å². The Hall–Kier alpha value is -1.28. The van der Waals surface area contributed by atoms with Crippen molar-refractivity contribution in [2.45, 2.75) is 4.90 Å². The molecule has 0 spiro atoms. The molecule has 0 bridgehead atoms. The summed E-state index contributed by atoms with van der Waals surface area (Å²) < 4.78 is 24.0. The third kappa shape index (κ3) is 3.49. The van der Waals surface area contributed by atoms with E-state index >= 15 is 0 Å². The highest BCUT2D eigenvalue weighted by molar-refractivity contribution is 8.13. The van der Waals surface area contributed by atoms with Crippen molar-refractivity contribution in [1.82, 2.24) is 9.55 Å². The number of halogens is 3. The summed E-state index contributed by atoms with van der Waals surface area (Å²) in [6, 6.07) is 2.21. The van der Waals surface area contributed by atoms with E-state index < -0.39 is 15.0 Å². The van der Waals surface area contributed by atoms with Gasteiger partial charge in [0, 0.05) is 17.7 Å². The summed E-state index contributed by atoms with van der Waals surface area (Å²) in [5.74, 6) is -0.486. The molecule has 0 unspecified atom stereocenters. The van der Waals surface area contributed by atoms with Crippen molar-refractivity contribution < 1.29 is 13.2 Å². The van der Waals surface area contributed by atoms with Gasteiger partial charge in [-0.1, -0.05) is 23.2 Å². The van der Waals surface area contributed by atoms with Gasteiger partial charge in [0.25, 0.3) is 15.0 Å². The largest absolute Gasteiger partial charge is 0.330 e. The van der Waals surface area contributed by atoms with Crippen molar-refractivity contribution in [3.8, 4) is 0 Å². The number of aryl methyl sites for hydroxylation is 1. The van der Waals surface area contributed by atoms with Crippen molar-refractivity contribution in [3.63, 3.8) is 0 Å². The standard InChI is InChI=1S/C11H8Cl3N3O3S/c1-17-5-15-4-9(17)11(18)16-10-7(12)2-6(3-8(10)13)21(14,19)20/h2-5H,1H3,(H,16,18). The predicted molar refractivity (Wildman–Crippen MR) is 80.7 cm³/mol. The van der Waals surface area contributed by atoms with Crippen LogP contribution in [0.15, 0.2) is 29.6 Å². The first-order chi connectivity index (χ1) is 9.70. The van der Waals surface area contributed by atoms with Crippen LogP contribution in [-0.4, -0.2) is 23.9 Å². The number of amides is 1. The Morgan fingerprint density at radius 1 is 1.29 bits per heavy atom. The molecule has 1 amide bonds. The Labute approximate surface area is 135 Å². The van der Waals surface area contributed by atoms with Crippen molar-refractivity contribution in [1.29, 1.82) is 0 Å². The van der Waals surface area contributed by atoms with E-state index in [2.05, 4.69) is 10.3 Å². The lowest BCUT2D eigenvalue weighted by Gasteiger charge is -2.10. The molecule has 6 nitrogen and oxygen atoms in total. The molecule has 0 fully saturated rings. The maximum atomic E-state index is 12.0. The molecule has 2 aromatic rings. The second kappa shape index (κ2) is 5.84. The summed E-state index contributed by atoms with van der Waals surface area (Å²) in [7, 11) is 2.90. The maximum Gasteiger partial charge on any atom is 0.274 e. The molecule has 0 aliphatic carbocycles. The van der Waals surface area contributed by atoms with Gasteiger partial charge in [-0.15, -0.1) is 0 Å². The second-order valence-corrected chi connectivity index (χ2v) is 7.42. The smallest absolute Gasteiger partial charge is 0.274 e. The molecule has 112 valence electrons. The quantitative estimate of drug-likeness (QED) is 0.845. The van der Waals surface area contributed by atoms with Crippen molar-refractivity contribution in [2.75, 3.05) is 5.32 Å². The molecule has 0 aliphatic heterocycles. The zero-order valence-electron chi connectivity index (χ0n) is 10.5. The zero-order valence-corrected chi connectivity index (χ0v) is 13.6. The van der Waals surface area contributed by atoms with E-state index in [0.717, 1.165) is 12.1 Å². The van der Waals surface area contributed by atoms with Crippen LogP contribution in [0.1, 0.15) is 10.5 Å². The SMILES string of the molecule is Cn1cncc1C(=O)Nc1c(Cl)cc(S(=O)(=O)Cl)cc1Cl.